The molecule has 0 radical (unpaired) electrons. The normalized spacial score (nSPS) is 45.5. The summed E-state index contributed by atoms with van der Waals surface area (Å²) in [6, 6.07) is 0. The maximum absolute atomic E-state index is 9.63. The SMILES string of the molecule is OC1CCC(C2(C3CCC(O)CC3)CC2)CC1. The minimum Gasteiger partial charge on any atom is -0.393 e. The zero-order valence-electron chi connectivity index (χ0n) is 10.8. The van der Waals surface area contributed by atoms with Crippen LogP contribution in [0.1, 0.15) is 64.2 Å². The van der Waals surface area contributed by atoms with Crippen LogP contribution in [0.5, 0.6) is 0 Å². The van der Waals surface area contributed by atoms with E-state index >= 15 is 0 Å². The molecular formula is C15H26O2. The van der Waals surface area contributed by atoms with Crippen LogP contribution < -0.4 is 0 Å². The molecule has 3 rings (SSSR count). The number of aliphatic hydroxyl groups is 2. The van der Waals surface area contributed by atoms with E-state index in [1.807, 2.05) is 0 Å². The fourth-order valence-electron chi connectivity index (χ4n) is 4.60. The number of aliphatic hydroxyl groups excluding tert-OH is 2. The third-order valence-electron chi connectivity index (χ3n) is 5.85. The molecule has 98 valence electrons. The van der Waals surface area contributed by atoms with Gasteiger partial charge in [-0.05, 0) is 81.5 Å². The molecule has 2 nitrogen and oxygen atoms in total. The van der Waals surface area contributed by atoms with Crippen LogP contribution in [-0.2, 0) is 0 Å². The van der Waals surface area contributed by atoms with Crippen LogP contribution >= 0.6 is 0 Å². The van der Waals surface area contributed by atoms with E-state index in [4.69, 9.17) is 0 Å². The second-order valence-electron chi connectivity index (χ2n) is 6.74. The summed E-state index contributed by atoms with van der Waals surface area (Å²) in [7, 11) is 0. The summed E-state index contributed by atoms with van der Waals surface area (Å²) in [5.41, 5.74) is 0.639. The largest absolute Gasteiger partial charge is 0.393 e. The molecule has 0 aromatic rings. The Hall–Kier alpha value is -0.0800. The van der Waals surface area contributed by atoms with Gasteiger partial charge in [-0.15, -0.1) is 0 Å². The molecule has 0 atom stereocenters. The second kappa shape index (κ2) is 4.55. The molecule has 0 amide bonds. The number of hydrogen-bond acceptors (Lipinski definition) is 2. The van der Waals surface area contributed by atoms with Gasteiger partial charge in [0.05, 0.1) is 12.2 Å². The molecule has 0 aromatic heterocycles. The fourth-order valence-corrected chi connectivity index (χ4v) is 4.60. The van der Waals surface area contributed by atoms with Crippen molar-refractivity contribution in [1.29, 1.82) is 0 Å². The average Bonchev–Trinajstić information content (AvgIpc) is 3.12. The predicted octanol–water partition coefficient (Wildman–Crippen LogP) is 2.87. The molecule has 2 N–H and O–H groups in total. The fraction of sp³-hybridized carbons (Fsp3) is 1.00. The van der Waals surface area contributed by atoms with Crippen molar-refractivity contribution in [3.63, 3.8) is 0 Å². The molecule has 0 aromatic carbocycles. The van der Waals surface area contributed by atoms with Gasteiger partial charge in [0, 0.05) is 0 Å². The zero-order valence-corrected chi connectivity index (χ0v) is 10.8. The van der Waals surface area contributed by atoms with Gasteiger partial charge in [0.1, 0.15) is 0 Å². The van der Waals surface area contributed by atoms with E-state index in [2.05, 4.69) is 0 Å². The molecule has 3 fully saturated rings. The van der Waals surface area contributed by atoms with Crippen molar-refractivity contribution < 1.29 is 10.2 Å². The highest BCUT2D eigenvalue weighted by Gasteiger charge is 2.54. The van der Waals surface area contributed by atoms with E-state index in [-0.39, 0.29) is 12.2 Å². The number of rotatable bonds is 2. The van der Waals surface area contributed by atoms with Crippen molar-refractivity contribution in [2.45, 2.75) is 76.4 Å². The quantitative estimate of drug-likeness (QED) is 0.776. The zero-order chi connectivity index (χ0) is 11.9. The standard InChI is InChI=1S/C15H26O2/c16-13-5-1-11(2-6-13)15(9-10-15)12-3-7-14(17)8-4-12/h11-14,16-17H,1-10H2. The Balaban J connectivity index is 1.61. The van der Waals surface area contributed by atoms with Crippen molar-refractivity contribution in [1.82, 2.24) is 0 Å². The Bertz CT molecular complexity index is 232. The molecule has 0 spiro atoms. The van der Waals surface area contributed by atoms with Crippen molar-refractivity contribution in [3.8, 4) is 0 Å². The predicted molar refractivity (Wildman–Crippen MR) is 67.6 cm³/mol. The van der Waals surface area contributed by atoms with E-state index in [0.717, 1.165) is 37.5 Å². The van der Waals surface area contributed by atoms with Crippen molar-refractivity contribution in [3.05, 3.63) is 0 Å². The van der Waals surface area contributed by atoms with Gasteiger partial charge in [0.15, 0.2) is 0 Å². The van der Waals surface area contributed by atoms with E-state index in [0.29, 0.717) is 5.41 Å². The van der Waals surface area contributed by atoms with E-state index in [1.54, 1.807) is 0 Å². The lowest BCUT2D eigenvalue weighted by molar-refractivity contribution is 0.0352. The Kier molecular flexibility index (Phi) is 3.20. The van der Waals surface area contributed by atoms with Gasteiger partial charge in [0.25, 0.3) is 0 Å². The summed E-state index contributed by atoms with van der Waals surface area (Å²) < 4.78 is 0. The first-order valence-corrected chi connectivity index (χ1v) is 7.57. The summed E-state index contributed by atoms with van der Waals surface area (Å²) in [6.07, 6.45) is 11.9. The average molecular weight is 238 g/mol. The lowest BCUT2D eigenvalue weighted by Crippen LogP contribution is -2.33. The first-order chi connectivity index (χ1) is 8.21. The molecule has 0 bridgehead atoms. The maximum atomic E-state index is 9.63. The number of hydrogen-bond donors (Lipinski definition) is 2. The highest BCUT2D eigenvalue weighted by Crippen LogP contribution is 2.63. The minimum absolute atomic E-state index is 0.0183. The highest BCUT2D eigenvalue weighted by molar-refractivity contribution is 5.04. The molecule has 2 heteroatoms. The first-order valence-electron chi connectivity index (χ1n) is 7.57. The van der Waals surface area contributed by atoms with Crippen LogP contribution in [0.3, 0.4) is 0 Å². The van der Waals surface area contributed by atoms with Crippen LogP contribution in [0.25, 0.3) is 0 Å². The van der Waals surface area contributed by atoms with Crippen molar-refractivity contribution in [2.75, 3.05) is 0 Å². The van der Waals surface area contributed by atoms with Crippen LogP contribution in [0.15, 0.2) is 0 Å². The summed E-state index contributed by atoms with van der Waals surface area (Å²) in [5.74, 6) is 1.76. The minimum atomic E-state index is -0.0183. The van der Waals surface area contributed by atoms with Gasteiger partial charge in [-0.2, -0.15) is 0 Å². The molecule has 3 saturated carbocycles. The monoisotopic (exact) mass is 238 g/mol. The van der Waals surface area contributed by atoms with Crippen LogP contribution in [0.4, 0.5) is 0 Å². The summed E-state index contributed by atoms with van der Waals surface area (Å²) >= 11 is 0. The van der Waals surface area contributed by atoms with Crippen LogP contribution in [0.2, 0.25) is 0 Å². The summed E-state index contributed by atoms with van der Waals surface area (Å²) in [6.45, 7) is 0. The molecule has 3 aliphatic rings. The molecule has 0 saturated heterocycles. The Morgan fingerprint density at radius 2 is 0.941 bits per heavy atom. The van der Waals surface area contributed by atoms with Crippen LogP contribution in [-0.4, -0.2) is 22.4 Å². The van der Waals surface area contributed by atoms with Gasteiger partial charge in [-0.25, -0.2) is 0 Å². The summed E-state index contributed by atoms with van der Waals surface area (Å²) in [4.78, 5) is 0. The molecule has 0 aliphatic heterocycles. The van der Waals surface area contributed by atoms with Crippen molar-refractivity contribution >= 4 is 0 Å². The Morgan fingerprint density at radius 1 is 0.588 bits per heavy atom. The Labute approximate surface area is 104 Å². The lowest BCUT2D eigenvalue weighted by atomic mass is 9.66. The smallest absolute Gasteiger partial charge is 0.0540 e. The Morgan fingerprint density at radius 3 is 1.24 bits per heavy atom. The molecule has 17 heavy (non-hydrogen) atoms. The van der Waals surface area contributed by atoms with Gasteiger partial charge >= 0.3 is 0 Å². The molecular weight excluding hydrogens is 212 g/mol. The first kappa shape index (κ1) is 12.0. The summed E-state index contributed by atoms with van der Waals surface area (Å²) in [5, 5.41) is 19.3. The molecule has 3 aliphatic carbocycles. The van der Waals surface area contributed by atoms with Gasteiger partial charge in [-0.1, -0.05) is 0 Å². The topological polar surface area (TPSA) is 40.5 Å². The van der Waals surface area contributed by atoms with E-state index < -0.39 is 0 Å². The van der Waals surface area contributed by atoms with Gasteiger partial charge in [-0.3, -0.25) is 0 Å². The highest BCUT2D eigenvalue weighted by atomic mass is 16.3. The second-order valence-corrected chi connectivity index (χ2v) is 6.74. The van der Waals surface area contributed by atoms with E-state index in [1.165, 1.54) is 38.5 Å². The van der Waals surface area contributed by atoms with Gasteiger partial charge < -0.3 is 10.2 Å². The maximum Gasteiger partial charge on any atom is 0.0540 e. The van der Waals surface area contributed by atoms with Crippen LogP contribution in [0, 0.1) is 17.3 Å². The molecule has 0 unspecified atom stereocenters. The van der Waals surface area contributed by atoms with Crippen molar-refractivity contribution in [2.24, 2.45) is 17.3 Å². The third-order valence-corrected chi connectivity index (χ3v) is 5.85. The lowest BCUT2D eigenvalue weighted by Gasteiger charge is -2.40. The van der Waals surface area contributed by atoms with E-state index in [9.17, 15) is 10.2 Å². The molecule has 0 heterocycles. The van der Waals surface area contributed by atoms with Gasteiger partial charge in [0.2, 0.25) is 0 Å². The third kappa shape index (κ3) is 2.26.